The van der Waals surface area contributed by atoms with Crippen LogP contribution < -0.4 is 5.73 Å². The molecule has 2 aromatic heterocycles. The van der Waals surface area contributed by atoms with E-state index in [2.05, 4.69) is 23.1 Å². The molecule has 0 spiro atoms. The van der Waals surface area contributed by atoms with Crippen LogP contribution >= 0.6 is 0 Å². The summed E-state index contributed by atoms with van der Waals surface area (Å²) >= 11 is 0. The molecule has 0 amide bonds. The van der Waals surface area contributed by atoms with E-state index < -0.39 is 6.23 Å². The molecule has 0 saturated heterocycles. The quantitative estimate of drug-likeness (QED) is 0.815. The van der Waals surface area contributed by atoms with Crippen molar-refractivity contribution in [3.8, 4) is 0 Å². The zero-order valence-corrected chi connectivity index (χ0v) is 13.8. The Morgan fingerprint density at radius 2 is 2.17 bits per heavy atom. The van der Waals surface area contributed by atoms with E-state index in [4.69, 9.17) is 5.73 Å². The van der Waals surface area contributed by atoms with Crippen LogP contribution in [-0.4, -0.2) is 19.9 Å². The third-order valence-corrected chi connectivity index (χ3v) is 5.55. The van der Waals surface area contributed by atoms with Gasteiger partial charge in [-0.3, -0.25) is 0 Å². The Balaban J connectivity index is 1.69. The molecule has 2 aliphatic rings. The molecule has 0 bridgehead atoms. The number of hydrogen-bond acceptors (Lipinski definition) is 3. The molecule has 0 radical (unpaired) electrons. The van der Waals surface area contributed by atoms with Gasteiger partial charge in [0.1, 0.15) is 5.82 Å². The maximum Gasteiger partial charge on any atom is 0.156 e. The highest BCUT2D eigenvalue weighted by atomic mass is 16.3. The number of rotatable bonds is 3. The summed E-state index contributed by atoms with van der Waals surface area (Å²) in [5.74, 6) is 0.754. The monoisotopic (exact) mass is 314 g/mol. The van der Waals surface area contributed by atoms with Crippen molar-refractivity contribution in [1.82, 2.24) is 14.8 Å². The molecule has 124 valence electrons. The topological polar surface area (TPSA) is 79.9 Å². The second-order valence-electron chi connectivity index (χ2n) is 6.96. The Hall–Kier alpha value is -1.75. The van der Waals surface area contributed by atoms with Gasteiger partial charge in [0.15, 0.2) is 6.23 Å². The van der Waals surface area contributed by atoms with Gasteiger partial charge in [0.2, 0.25) is 0 Å². The first kappa shape index (κ1) is 14.8. The van der Waals surface area contributed by atoms with E-state index >= 15 is 0 Å². The zero-order chi connectivity index (χ0) is 16.0. The fourth-order valence-corrected chi connectivity index (χ4v) is 4.24. The normalized spacial score (nSPS) is 21.7. The second kappa shape index (κ2) is 5.71. The Bertz CT molecular complexity index is 715. The first-order valence-electron chi connectivity index (χ1n) is 8.93. The molecule has 5 nitrogen and oxygen atoms in total. The zero-order valence-electron chi connectivity index (χ0n) is 13.8. The van der Waals surface area contributed by atoms with Crippen LogP contribution in [0.3, 0.4) is 0 Å². The van der Waals surface area contributed by atoms with Gasteiger partial charge in [-0.2, -0.15) is 5.10 Å². The fraction of sp³-hybridized carbons (Fsp3) is 0.611. The number of hydrogen-bond donors (Lipinski definition) is 3. The predicted molar refractivity (Wildman–Crippen MR) is 90.4 cm³/mol. The highest BCUT2D eigenvalue weighted by Crippen LogP contribution is 2.40. The summed E-state index contributed by atoms with van der Waals surface area (Å²) in [4.78, 5) is 3.51. The van der Waals surface area contributed by atoms with E-state index in [1.165, 1.54) is 29.8 Å². The van der Waals surface area contributed by atoms with Crippen LogP contribution in [0.2, 0.25) is 0 Å². The third-order valence-electron chi connectivity index (χ3n) is 5.55. The molecule has 2 atom stereocenters. The van der Waals surface area contributed by atoms with E-state index in [9.17, 15) is 5.11 Å². The van der Waals surface area contributed by atoms with Crippen LogP contribution in [0.5, 0.6) is 0 Å². The van der Waals surface area contributed by atoms with Gasteiger partial charge in [0, 0.05) is 22.9 Å². The van der Waals surface area contributed by atoms with Gasteiger partial charge in [0.05, 0.1) is 5.69 Å². The summed E-state index contributed by atoms with van der Waals surface area (Å²) in [5, 5.41) is 15.7. The van der Waals surface area contributed by atoms with Crippen molar-refractivity contribution in [2.24, 2.45) is 0 Å². The van der Waals surface area contributed by atoms with Gasteiger partial charge in [-0.15, -0.1) is 0 Å². The van der Waals surface area contributed by atoms with Crippen LogP contribution in [0.25, 0.3) is 0 Å². The third kappa shape index (κ3) is 2.38. The minimum Gasteiger partial charge on any atom is -0.384 e. The van der Waals surface area contributed by atoms with Crippen molar-refractivity contribution in [1.29, 1.82) is 0 Å². The van der Waals surface area contributed by atoms with Crippen LogP contribution in [0.15, 0.2) is 6.07 Å². The van der Waals surface area contributed by atoms with Crippen molar-refractivity contribution in [2.75, 3.05) is 5.73 Å². The van der Waals surface area contributed by atoms with Gasteiger partial charge in [-0.25, -0.2) is 4.68 Å². The lowest BCUT2D eigenvalue weighted by Crippen LogP contribution is -2.23. The number of nitrogens with two attached hydrogens (primary N) is 1. The highest BCUT2D eigenvalue weighted by Gasteiger charge is 2.32. The SMILES string of the molecule is CCc1cc2c([nH]1)CCCC2C(O)n1nc2c(c1N)CCCC2. The average Bonchev–Trinajstić information content (AvgIpc) is 3.15. The summed E-state index contributed by atoms with van der Waals surface area (Å²) < 4.78 is 1.69. The standard InChI is InChI=1S/C18H26N4O/c1-2-11-10-14-12(7-5-9-15(14)20-11)18(23)22-17(19)13-6-3-4-8-16(13)21-22/h10,12,18,20,23H,2-9,19H2,1H3. The van der Waals surface area contributed by atoms with Crippen molar-refractivity contribution in [3.05, 3.63) is 34.3 Å². The average molecular weight is 314 g/mol. The number of H-pyrrole nitrogens is 1. The van der Waals surface area contributed by atoms with Gasteiger partial charge in [0.25, 0.3) is 0 Å². The smallest absolute Gasteiger partial charge is 0.156 e. The van der Waals surface area contributed by atoms with Crippen LogP contribution in [0, 0.1) is 0 Å². The van der Waals surface area contributed by atoms with Crippen molar-refractivity contribution < 1.29 is 5.11 Å². The lowest BCUT2D eigenvalue weighted by atomic mass is 9.85. The van der Waals surface area contributed by atoms with Crippen LogP contribution in [0.1, 0.15) is 73.0 Å². The van der Waals surface area contributed by atoms with Gasteiger partial charge in [-0.05, 0) is 63.0 Å². The van der Waals surface area contributed by atoms with E-state index in [-0.39, 0.29) is 5.92 Å². The molecular weight excluding hydrogens is 288 g/mol. The van der Waals surface area contributed by atoms with E-state index in [1.807, 2.05) is 0 Å². The first-order chi connectivity index (χ1) is 11.2. The molecule has 0 fully saturated rings. The molecule has 2 aromatic rings. The summed E-state index contributed by atoms with van der Waals surface area (Å²) in [6.45, 7) is 2.16. The fourth-order valence-electron chi connectivity index (χ4n) is 4.24. The predicted octanol–water partition coefficient (Wildman–Crippen LogP) is 2.85. The van der Waals surface area contributed by atoms with Gasteiger partial charge < -0.3 is 15.8 Å². The number of aromatic nitrogens is 3. The summed E-state index contributed by atoms with van der Waals surface area (Å²) in [6, 6.07) is 2.22. The molecule has 0 aromatic carbocycles. The number of nitrogen functional groups attached to an aromatic ring is 1. The van der Waals surface area contributed by atoms with Crippen molar-refractivity contribution >= 4 is 5.82 Å². The molecule has 4 rings (SSSR count). The summed E-state index contributed by atoms with van der Waals surface area (Å²) in [5.41, 5.74) is 12.4. The number of aryl methyl sites for hydroxylation is 3. The maximum atomic E-state index is 11.0. The Morgan fingerprint density at radius 1 is 1.35 bits per heavy atom. The number of aromatic amines is 1. The Morgan fingerprint density at radius 3 is 2.96 bits per heavy atom. The van der Waals surface area contributed by atoms with Gasteiger partial charge >= 0.3 is 0 Å². The second-order valence-corrected chi connectivity index (χ2v) is 6.96. The maximum absolute atomic E-state index is 11.0. The number of nitrogens with one attached hydrogen (secondary N) is 1. The van der Waals surface area contributed by atoms with Crippen molar-refractivity contribution in [2.45, 2.75) is 70.4 Å². The highest BCUT2D eigenvalue weighted by molar-refractivity contribution is 5.45. The minimum absolute atomic E-state index is 0.0824. The summed E-state index contributed by atoms with van der Waals surface area (Å²) in [7, 11) is 0. The molecule has 4 N–H and O–H groups in total. The number of fused-ring (bicyclic) bond motifs is 2. The number of aliphatic hydroxyl groups excluding tert-OH is 1. The minimum atomic E-state index is -0.667. The molecule has 23 heavy (non-hydrogen) atoms. The molecule has 2 unspecified atom stereocenters. The number of aliphatic hydroxyl groups is 1. The van der Waals surface area contributed by atoms with E-state index in [1.54, 1.807) is 4.68 Å². The summed E-state index contributed by atoms with van der Waals surface area (Å²) in [6.07, 6.45) is 7.80. The molecule has 2 aliphatic carbocycles. The van der Waals surface area contributed by atoms with E-state index in [0.717, 1.165) is 49.8 Å². The van der Waals surface area contributed by atoms with Crippen LogP contribution in [0.4, 0.5) is 5.82 Å². The number of anilines is 1. The molecule has 2 heterocycles. The largest absolute Gasteiger partial charge is 0.384 e. The van der Waals surface area contributed by atoms with Crippen molar-refractivity contribution in [3.63, 3.8) is 0 Å². The first-order valence-corrected chi connectivity index (χ1v) is 8.93. The molecule has 5 heteroatoms. The lowest BCUT2D eigenvalue weighted by Gasteiger charge is -2.27. The number of nitrogens with zero attached hydrogens (tertiary/aromatic N) is 2. The van der Waals surface area contributed by atoms with Gasteiger partial charge in [-0.1, -0.05) is 6.92 Å². The lowest BCUT2D eigenvalue weighted by molar-refractivity contribution is 0.0568. The van der Waals surface area contributed by atoms with E-state index in [0.29, 0.717) is 5.82 Å². The molecule has 0 aliphatic heterocycles. The van der Waals surface area contributed by atoms with Crippen LogP contribution in [-0.2, 0) is 25.7 Å². The molecular formula is C18H26N4O. The Labute approximate surface area is 136 Å². The Kier molecular flexibility index (Phi) is 3.68. The molecule has 0 saturated carbocycles.